The van der Waals surface area contributed by atoms with Gasteiger partial charge >= 0.3 is 0 Å². The number of nitrogen functional groups attached to an aromatic ring is 1. The van der Waals surface area contributed by atoms with E-state index < -0.39 is 0 Å². The Labute approximate surface area is 79.1 Å². The van der Waals surface area contributed by atoms with Crippen molar-refractivity contribution in [3.63, 3.8) is 0 Å². The third kappa shape index (κ3) is 1.59. The van der Waals surface area contributed by atoms with Gasteiger partial charge in [-0.15, -0.1) is 9.90 Å². The largest absolute Gasteiger partial charge is 0.381 e. The van der Waals surface area contributed by atoms with Gasteiger partial charge < -0.3 is 5.73 Å². The van der Waals surface area contributed by atoms with E-state index in [9.17, 15) is 0 Å². The van der Waals surface area contributed by atoms with E-state index >= 15 is 0 Å². The van der Waals surface area contributed by atoms with Gasteiger partial charge in [0.25, 0.3) is 0 Å². The predicted molar refractivity (Wildman–Crippen MR) is 48.6 cm³/mol. The summed E-state index contributed by atoms with van der Waals surface area (Å²) in [4.78, 5) is 5.35. The lowest BCUT2D eigenvalue weighted by Crippen LogP contribution is -2.01. The van der Waals surface area contributed by atoms with E-state index in [4.69, 9.17) is 17.3 Å². The van der Waals surface area contributed by atoms with Crippen LogP contribution in [0.5, 0.6) is 0 Å². The summed E-state index contributed by atoms with van der Waals surface area (Å²) in [5.41, 5.74) is 5.40. The zero-order valence-electron chi connectivity index (χ0n) is 6.55. The monoisotopic (exact) mass is 195 g/mol. The van der Waals surface area contributed by atoms with Crippen LogP contribution in [-0.4, -0.2) is 20.0 Å². The number of rotatable bonds is 1. The summed E-state index contributed by atoms with van der Waals surface area (Å²) in [6.45, 7) is 0. The maximum Gasteiger partial charge on any atom is 0.174 e. The Hall–Kier alpha value is -1.62. The van der Waals surface area contributed by atoms with Gasteiger partial charge in [-0.05, 0) is 12.1 Å². The van der Waals surface area contributed by atoms with Crippen molar-refractivity contribution in [1.82, 2.24) is 20.0 Å². The molecule has 0 saturated heterocycles. The van der Waals surface area contributed by atoms with E-state index in [0.717, 1.165) is 0 Å². The Morgan fingerprint density at radius 2 is 2.15 bits per heavy atom. The molecule has 0 amide bonds. The molecule has 0 aliphatic rings. The fourth-order valence-corrected chi connectivity index (χ4v) is 0.983. The van der Waals surface area contributed by atoms with Crippen LogP contribution < -0.4 is 5.73 Å². The number of nitrogens with two attached hydrogens (primary N) is 1. The Kier molecular flexibility index (Phi) is 1.86. The summed E-state index contributed by atoms with van der Waals surface area (Å²) in [7, 11) is 0. The van der Waals surface area contributed by atoms with Crippen molar-refractivity contribution >= 4 is 17.4 Å². The van der Waals surface area contributed by atoms with Crippen LogP contribution in [0.4, 0.5) is 5.82 Å². The highest BCUT2D eigenvalue weighted by molar-refractivity contribution is 6.30. The molecular weight excluding hydrogens is 190 g/mol. The standard InChI is InChI=1S/C7H6ClN5/c8-5-1-2-7(10-3-5)13-11-4-6(9)12-13/h1-4H,(H2,9,12). The van der Waals surface area contributed by atoms with Crippen molar-refractivity contribution in [2.75, 3.05) is 5.73 Å². The van der Waals surface area contributed by atoms with E-state index in [1.165, 1.54) is 17.2 Å². The van der Waals surface area contributed by atoms with Gasteiger partial charge in [-0.1, -0.05) is 11.6 Å². The van der Waals surface area contributed by atoms with Gasteiger partial charge in [-0.25, -0.2) is 4.98 Å². The summed E-state index contributed by atoms with van der Waals surface area (Å²) < 4.78 is 0. The molecule has 2 N–H and O–H groups in total. The summed E-state index contributed by atoms with van der Waals surface area (Å²) in [6, 6.07) is 3.42. The second-order valence-corrected chi connectivity index (χ2v) is 2.83. The quantitative estimate of drug-likeness (QED) is 0.734. The van der Waals surface area contributed by atoms with Gasteiger partial charge in [0, 0.05) is 6.20 Å². The van der Waals surface area contributed by atoms with E-state index in [2.05, 4.69) is 15.2 Å². The molecule has 2 aromatic rings. The number of halogens is 1. The highest BCUT2D eigenvalue weighted by Crippen LogP contribution is 2.08. The van der Waals surface area contributed by atoms with Crippen molar-refractivity contribution in [3.8, 4) is 5.82 Å². The molecule has 5 nitrogen and oxygen atoms in total. The highest BCUT2D eigenvalue weighted by Gasteiger charge is 2.00. The SMILES string of the molecule is Nc1cnn(-c2ccc(Cl)cn2)n1. The van der Waals surface area contributed by atoms with Gasteiger partial charge in [0.05, 0.1) is 11.2 Å². The van der Waals surface area contributed by atoms with Crippen LogP contribution >= 0.6 is 11.6 Å². The molecule has 0 aromatic carbocycles. The van der Waals surface area contributed by atoms with Crippen LogP contribution in [0.15, 0.2) is 24.5 Å². The zero-order chi connectivity index (χ0) is 9.26. The van der Waals surface area contributed by atoms with Gasteiger partial charge in [0.15, 0.2) is 11.6 Å². The second-order valence-electron chi connectivity index (χ2n) is 2.39. The molecule has 66 valence electrons. The molecule has 0 radical (unpaired) electrons. The third-order valence-corrected chi connectivity index (χ3v) is 1.65. The van der Waals surface area contributed by atoms with Crippen molar-refractivity contribution in [3.05, 3.63) is 29.5 Å². The number of hydrogen-bond donors (Lipinski definition) is 1. The Morgan fingerprint density at radius 1 is 1.31 bits per heavy atom. The molecule has 0 aliphatic heterocycles. The van der Waals surface area contributed by atoms with Crippen LogP contribution in [0.3, 0.4) is 0 Å². The molecule has 0 bridgehead atoms. The Morgan fingerprint density at radius 3 is 2.69 bits per heavy atom. The molecule has 13 heavy (non-hydrogen) atoms. The van der Waals surface area contributed by atoms with Crippen molar-refractivity contribution in [1.29, 1.82) is 0 Å². The maximum atomic E-state index is 5.67. The van der Waals surface area contributed by atoms with E-state index in [-0.39, 0.29) is 0 Å². The van der Waals surface area contributed by atoms with E-state index in [0.29, 0.717) is 16.7 Å². The van der Waals surface area contributed by atoms with Crippen LogP contribution in [0.25, 0.3) is 5.82 Å². The first kappa shape index (κ1) is 8.00. The summed E-state index contributed by atoms with van der Waals surface area (Å²) in [6.07, 6.45) is 2.98. The number of aromatic nitrogens is 4. The molecule has 0 fully saturated rings. The van der Waals surface area contributed by atoms with Crippen molar-refractivity contribution in [2.24, 2.45) is 0 Å². The first-order chi connectivity index (χ1) is 6.25. The molecule has 0 unspecified atom stereocenters. The molecule has 2 aromatic heterocycles. The average Bonchev–Trinajstić information content (AvgIpc) is 2.53. The fourth-order valence-electron chi connectivity index (χ4n) is 0.872. The molecule has 2 rings (SSSR count). The number of anilines is 1. The summed E-state index contributed by atoms with van der Waals surface area (Å²) in [5.74, 6) is 0.942. The van der Waals surface area contributed by atoms with Crippen LogP contribution in [0, 0.1) is 0 Å². The highest BCUT2D eigenvalue weighted by atomic mass is 35.5. The molecule has 2 heterocycles. The fraction of sp³-hybridized carbons (Fsp3) is 0. The minimum Gasteiger partial charge on any atom is -0.381 e. The summed E-state index contributed by atoms with van der Waals surface area (Å²) in [5, 5.41) is 8.35. The first-order valence-electron chi connectivity index (χ1n) is 3.55. The average molecular weight is 196 g/mol. The van der Waals surface area contributed by atoms with E-state index in [1.54, 1.807) is 12.1 Å². The molecule has 0 aliphatic carbocycles. The zero-order valence-corrected chi connectivity index (χ0v) is 7.31. The second kappa shape index (κ2) is 3.02. The smallest absolute Gasteiger partial charge is 0.174 e. The van der Waals surface area contributed by atoms with Crippen molar-refractivity contribution < 1.29 is 0 Å². The van der Waals surface area contributed by atoms with Gasteiger partial charge in [-0.2, -0.15) is 5.10 Å². The molecule has 6 heteroatoms. The van der Waals surface area contributed by atoms with Gasteiger partial charge in [-0.3, -0.25) is 0 Å². The van der Waals surface area contributed by atoms with Crippen LogP contribution in [0.1, 0.15) is 0 Å². The first-order valence-corrected chi connectivity index (χ1v) is 3.93. The molecule has 0 atom stereocenters. The lowest BCUT2D eigenvalue weighted by atomic mass is 10.5. The van der Waals surface area contributed by atoms with E-state index in [1.807, 2.05) is 0 Å². The van der Waals surface area contributed by atoms with Crippen LogP contribution in [-0.2, 0) is 0 Å². The van der Waals surface area contributed by atoms with Crippen molar-refractivity contribution in [2.45, 2.75) is 0 Å². The Bertz CT molecular complexity index is 407. The lowest BCUT2D eigenvalue weighted by molar-refractivity contribution is 0.731. The topological polar surface area (TPSA) is 69.6 Å². The minimum absolute atomic E-state index is 0.358. The maximum absolute atomic E-state index is 5.67. The molecule has 0 spiro atoms. The van der Waals surface area contributed by atoms with Crippen LogP contribution in [0.2, 0.25) is 5.02 Å². The minimum atomic E-state index is 0.358. The molecular formula is C7H6ClN5. The lowest BCUT2D eigenvalue weighted by Gasteiger charge is -1.96. The molecule has 0 saturated carbocycles. The normalized spacial score (nSPS) is 10.2. The number of hydrogen-bond acceptors (Lipinski definition) is 4. The third-order valence-electron chi connectivity index (χ3n) is 1.43. The predicted octanol–water partition coefficient (Wildman–Crippen LogP) is 0.898. The van der Waals surface area contributed by atoms with Gasteiger partial charge in [0.2, 0.25) is 0 Å². The Balaban J connectivity index is 2.41. The number of nitrogens with zero attached hydrogens (tertiary/aromatic N) is 4. The summed E-state index contributed by atoms with van der Waals surface area (Å²) >= 11 is 5.67. The van der Waals surface area contributed by atoms with Gasteiger partial charge in [0.1, 0.15) is 0 Å². The number of pyridine rings is 1.